The van der Waals surface area contributed by atoms with Crippen molar-refractivity contribution < 1.29 is 4.79 Å². The Morgan fingerprint density at radius 2 is 1.96 bits per heavy atom. The summed E-state index contributed by atoms with van der Waals surface area (Å²) in [4.78, 5) is 18.6. The third-order valence-corrected chi connectivity index (χ3v) is 6.08. The maximum atomic E-state index is 11.8. The van der Waals surface area contributed by atoms with Crippen molar-refractivity contribution in [3.63, 3.8) is 0 Å². The second-order valence-electron chi connectivity index (χ2n) is 7.34. The molecular formula is C20H32N4OS. The van der Waals surface area contributed by atoms with Crippen molar-refractivity contribution in [2.45, 2.75) is 39.5 Å². The normalized spacial score (nSPS) is 18.3. The molecule has 1 fully saturated rings. The van der Waals surface area contributed by atoms with Gasteiger partial charge in [-0.05, 0) is 23.6 Å². The largest absolute Gasteiger partial charge is 0.352 e. The molecule has 5 nitrogen and oxygen atoms in total. The highest BCUT2D eigenvalue weighted by Gasteiger charge is 2.24. The Hall–Kier alpha value is -1.69. The molecule has 0 aliphatic carbocycles. The Morgan fingerprint density at radius 1 is 1.27 bits per heavy atom. The number of carbonyl (C=O) groups is 1. The van der Waals surface area contributed by atoms with Crippen LogP contribution in [0.1, 0.15) is 33.3 Å². The van der Waals surface area contributed by atoms with Crippen molar-refractivity contribution in [2.24, 2.45) is 16.8 Å². The van der Waals surface area contributed by atoms with Crippen molar-refractivity contribution in [1.82, 2.24) is 10.2 Å². The zero-order chi connectivity index (χ0) is 19.1. The third kappa shape index (κ3) is 5.94. The van der Waals surface area contributed by atoms with E-state index < -0.39 is 0 Å². The van der Waals surface area contributed by atoms with Gasteiger partial charge >= 0.3 is 0 Å². The van der Waals surface area contributed by atoms with Crippen LogP contribution >= 0.6 is 11.8 Å². The summed E-state index contributed by atoms with van der Waals surface area (Å²) in [5.74, 6) is 2.81. The molecule has 0 spiro atoms. The van der Waals surface area contributed by atoms with Gasteiger partial charge in [-0.25, -0.2) is 0 Å². The van der Waals surface area contributed by atoms with E-state index in [0.29, 0.717) is 11.2 Å². The maximum absolute atomic E-state index is 11.8. The van der Waals surface area contributed by atoms with Gasteiger partial charge in [0.1, 0.15) is 0 Å². The van der Waals surface area contributed by atoms with E-state index in [-0.39, 0.29) is 11.8 Å². The molecule has 1 unspecified atom stereocenters. The van der Waals surface area contributed by atoms with Gasteiger partial charge in [0.2, 0.25) is 5.91 Å². The number of carbonyl (C=O) groups excluding carboxylic acids is 1. The van der Waals surface area contributed by atoms with Crippen LogP contribution in [-0.2, 0) is 11.3 Å². The summed E-state index contributed by atoms with van der Waals surface area (Å²) in [6.07, 6.45) is 0. The van der Waals surface area contributed by atoms with Crippen molar-refractivity contribution >= 4 is 29.3 Å². The Morgan fingerprint density at radius 3 is 2.54 bits per heavy atom. The molecule has 1 aliphatic rings. The minimum Gasteiger partial charge on any atom is -0.352 e. The average Bonchev–Trinajstić information content (AvgIpc) is 2.63. The van der Waals surface area contributed by atoms with Crippen LogP contribution in [0.2, 0.25) is 0 Å². The lowest BCUT2D eigenvalue weighted by Gasteiger charge is -2.36. The number of hydrogen-bond donors (Lipinski definition) is 2. The molecule has 6 heteroatoms. The predicted octanol–water partition coefficient (Wildman–Crippen LogP) is 3.43. The average molecular weight is 377 g/mol. The third-order valence-electron chi connectivity index (χ3n) is 4.54. The number of anilines is 1. The molecule has 1 atom stereocenters. The molecule has 0 bridgehead atoms. The summed E-state index contributed by atoms with van der Waals surface area (Å²) >= 11 is 2.07. The van der Waals surface area contributed by atoms with E-state index in [1.54, 1.807) is 0 Å². The zero-order valence-electron chi connectivity index (χ0n) is 16.6. The highest BCUT2D eigenvalue weighted by molar-refractivity contribution is 8.00. The quantitative estimate of drug-likeness (QED) is 0.611. The van der Waals surface area contributed by atoms with Crippen LogP contribution in [0, 0.1) is 11.8 Å². The summed E-state index contributed by atoms with van der Waals surface area (Å²) in [6.45, 7) is 11.2. The fourth-order valence-electron chi connectivity index (χ4n) is 2.78. The molecular weight excluding hydrogens is 344 g/mol. The number of amides is 1. The van der Waals surface area contributed by atoms with Crippen LogP contribution in [-0.4, -0.2) is 47.9 Å². The first-order valence-electron chi connectivity index (χ1n) is 9.37. The van der Waals surface area contributed by atoms with E-state index in [4.69, 9.17) is 0 Å². The van der Waals surface area contributed by atoms with Gasteiger partial charge in [-0.15, -0.1) is 0 Å². The highest BCUT2D eigenvalue weighted by atomic mass is 32.2. The molecule has 0 radical (unpaired) electrons. The lowest BCUT2D eigenvalue weighted by molar-refractivity contribution is -0.118. The van der Waals surface area contributed by atoms with E-state index in [1.165, 1.54) is 5.56 Å². The SMILES string of the molecule is CN=C(NCc1ccc(NC(=O)C(C)C)cc1)N1CCSC(C(C)C)C1. The second-order valence-corrected chi connectivity index (χ2v) is 8.69. The number of nitrogens with zero attached hydrogens (tertiary/aromatic N) is 2. The summed E-state index contributed by atoms with van der Waals surface area (Å²) in [5.41, 5.74) is 2.00. The summed E-state index contributed by atoms with van der Waals surface area (Å²) < 4.78 is 0. The first-order chi connectivity index (χ1) is 12.4. The summed E-state index contributed by atoms with van der Waals surface area (Å²) in [5, 5.41) is 7.05. The lowest BCUT2D eigenvalue weighted by Crippen LogP contribution is -2.48. The first-order valence-corrected chi connectivity index (χ1v) is 10.4. The molecule has 144 valence electrons. The first kappa shape index (κ1) is 20.6. The number of rotatable bonds is 5. The van der Waals surface area contributed by atoms with Crippen molar-refractivity contribution in [3.05, 3.63) is 29.8 Å². The number of benzene rings is 1. The van der Waals surface area contributed by atoms with Crippen molar-refractivity contribution in [1.29, 1.82) is 0 Å². The standard InChI is InChI=1S/C20H32N4OS/c1-14(2)18-13-24(10-11-26-18)20(21-5)22-12-16-6-8-17(9-7-16)23-19(25)15(3)4/h6-9,14-15,18H,10-13H2,1-5H3,(H,21,22)(H,23,25). The Labute approximate surface area is 162 Å². The molecule has 0 aromatic heterocycles. The Balaban J connectivity index is 1.89. The van der Waals surface area contributed by atoms with Crippen molar-refractivity contribution in [2.75, 3.05) is 31.2 Å². The van der Waals surface area contributed by atoms with Crippen LogP contribution in [0.25, 0.3) is 0 Å². The Bertz CT molecular complexity index is 613. The van der Waals surface area contributed by atoms with Gasteiger partial charge in [-0.2, -0.15) is 11.8 Å². The molecule has 1 aliphatic heterocycles. The van der Waals surface area contributed by atoms with E-state index in [0.717, 1.165) is 37.0 Å². The molecule has 1 aromatic carbocycles. The van der Waals surface area contributed by atoms with Crippen LogP contribution in [0.3, 0.4) is 0 Å². The Kier molecular flexibility index (Phi) is 7.82. The predicted molar refractivity (Wildman–Crippen MR) is 113 cm³/mol. The summed E-state index contributed by atoms with van der Waals surface area (Å²) in [7, 11) is 1.85. The van der Waals surface area contributed by atoms with Gasteiger partial charge in [0, 0.05) is 49.3 Å². The van der Waals surface area contributed by atoms with Crippen LogP contribution < -0.4 is 10.6 Å². The fraction of sp³-hybridized carbons (Fsp3) is 0.600. The van der Waals surface area contributed by atoms with E-state index in [9.17, 15) is 4.79 Å². The van der Waals surface area contributed by atoms with Gasteiger partial charge in [-0.1, -0.05) is 39.8 Å². The molecule has 26 heavy (non-hydrogen) atoms. The molecule has 1 aromatic rings. The number of thioether (sulfide) groups is 1. The highest BCUT2D eigenvalue weighted by Crippen LogP contribution is 2.24. The number of hydrogen-bond acceptors (Lipinski definition) is 3. The minimum atomic E-state index is -0.0166. The number of aliphatic imine (C=N–C) groups is 1. The monoisotopic (exact) mass is 376 g/mol. The zero-order valence-corrected chi connectivity index (χ0v) is 17.4. The van der Waals surface area contributed by atoms with Gasteiger partial charge < -0.3 is 15.5 Å². The van der Waals surface area contributed by atoms with Gasteiger partial charge in [0.25, 0.3) is 0 Å². The molecule has 2 N–H and O–H groups in total. The molecule has 1 heterocycles. The topological polar surface area (TPSA) is 56.7 Å². The van der Waals surface area contributed by atoms with Crippen molar-refractivity contribution in [3.8, 4) is 0 Å². The number of guanidine groups is 1. The van der Waals surface area contributed by atoms with Gasteiger partial charge in [0.05, 0.1) is 0 Å². The molecule has 1 saturated heterocycles. The lowest BCUT2D eigenvalue weighted by atomic mass is 10.1. The van der Waals surface area contributed by atoms with Crippen LogP contribution in [0.15, 0.2) is 29.3 Å². The van der Waals surface area contributed by atoms with E-state index >= 15 is 0 Å². The van der Waals surface area contributed by atoms with Gasteiger partial charge in [0.15, 0.2) is 5.96 Å². The minimum absolute atomic E-state index is 0.0166. The van der Waals surface area contributed by atoms with Gasteiger partial charge in [-0.3, -0.25) is 9.79 Å². The summed E-state index contributed by atoms with van der Waals surface area (Å²) in [6, 6.07) is 7.98. The molecule has 1 amide bonds. The van der Waals surface area contributed by atoms with Crippen LogP contribution in [0.4, 0.5) is 5.69 Å². The number of nitrogens with one attached hydrogen (secondary N) is 2. The van der Waals surface area contributed by atoms with E-state index in [1.807, 2.05) is 45.2 Å². The van der Waals surface area contributed by atoms with E-state index in [2.05, 4.69) is 46.1 Å². The fourth-order valence-corrected chi connectivity index (χ4v) is 4.08. The maximum Gasteiger partial charge on any atom is 0.226 e. The molecule has 0 saturated carbocycles. The smallest absolute Gasteiger partial charge is 0.226 e. The second kappa shape index (κ2) is 9.86. The molecule has 2 rings (SSSR count). The van der Waals surface area contributed by atoms with Crippen LogP contribution in [0.5, 0.6) is 0 Å².